The van der Waals surface area contributed by atoms with Gasteiger partial charge in [-0.25, -0.2) is 0 Å². The van der Waals surface area contributed by atoms with E-state index in [0.717, 1.165) is 15.6 Å². The second-order valence-electron chi connectivity index (χ2n) is 8.38. The molecular weight excluding hydrogens is 646 g/mol. The van der Waals surface area contributed by atoms with E-state index in [9.17, 15) is 9.90 Å². The Labute approximate surface area is 246 Å². The smallest absolute Gasteiger partial charge is 0.267 e. The number of carbonyl (C=O) groups excluding carboxylic acids is 1. The number of ether oxygens (including phenoxy) is 1. The van der Waals surface area contributed by atoms with Gasteiger partial charge in [0.15, 0.2) is 5.17 Å². The zero-order valence-electron chi connectivity index (χ0n) is 20.3. The number of hydrogen-bond donors (Lipinski definition) is 1. The van der Waals surface area contributed by atoms with Gasteiger partial charge in [0.1, 0.15) is 23.9 Å². The number of halogens is 2. The SMILES string of the molecule is O=C1/C(=C/c2cccc(OCc3ccccc3)c2)S/C(=N\N=C\c2cc(Br)cc(Br)c2O)N1Cc1ccco1. The highest BCUT2D eigenvalue weighted by atomic mass is 79.9. The lowest BCUT2D eigenvalue weighted by molar-refractivity contribution is -0.122. The van der Waals surface area contributed by atoms with Crippen molar-refractivity contribution in [1.82, 2.24) is 4.90 Å². The molecule has 1 saturated heterocycles. The van der Waals surface area contributed by atoms with E-state index < -0.39 is 0 Å². The van der Waals surface area contributed by atoms with Gasteiger partial charge in [0, 0.05) is 10.0 Å². The lowest BCUT2D eigenvalue weighted by Crippen LogP contribution is -2.28. The number of thioether (sulfide) groups is 1. The van der Waals surface area contributed by atoms with E-state index in [0.29, 0.717) is 38.2 Å². The van der Waals surface area contributed by atoms with Crippen LogP contribution in [-0.4, -0.2) is 27.3 Å². The molecule has 1 fully saturated rings. The molecule has 0 atom stereocenters. The highest BCUT2D eigenvalue weighted by molar-refractivity contribution is 9.11. The summed E-state index contributed by atoms with van der Waals surface area (Å²) >= 11 is 7.93. The van der Waals surface area contributed by atoms with Crippen molar-refractivity contribution in [3.05, 3.63) is 121 Å². The van der Waals surface area contributed by atoms with Crippen molar-refractivity contribution < 1.29 is 19.1 Å². The number of rotatable bonds is 8. The normalized spacial score (nSPS) is 15.6. The van der Waals surface area contributed by atoms with E-state index in [1.54, 1.807) is 36.6 Å². The summed E-state index contributed by atoms with van der Waals surface area (Å²) < 4.78 is 12.7. The molecule has 0 saturated carbocycles. The zero-order valence-corrected chi connectivity index (χ0v) is 24.3. The number of amidine groups is 1. The minimum absolute atomic E-state index is 0.0414. The molecule has 3 aromatic carbocycles. The molecule has 7 nitrogen and oxygen atoms in total. The van der Waals surface area contributed by atoms with E-state index in [2.05, 4.69) is 42.1 Å². The molecule has 1 aromatic heterocycles. The molecule has 1 aliphatic heterocycles. The van der Waals surface area contributed by atoms with Gasteiger partial charge >= 0.3 is 0 Å². The molecule has 0 bridgehead atoms. The molecule has 0 radical (unpaired) electrons. The fraction of sp³-hybridized carbons (Fsp3) is 0.0690. The first-order chi connectivity index (χ1) is 19.0. The molecule has 0 unspecified atom stereocenters. The third-order valence-electron chi connectivity index (χ3n) is 5.58. The number of hydrogen-bond acceptors (Lipinski definition) is 7. The topological polar surface area (TPSA) is 87.6 Å². The number of phenolic OH excluding ortho intramolecular Hbond substituents is 1. The highest BCUT2D eigenvalue weighted by Gasteiger charge is 2.34. The van der Waals surface area contributed by atoms with Gasteiger partial charge in [-0.2, -0.15) is 5.10 Å². The van der Waals surface area contributed by atoms with Crippen molar-refractivity contribution in [2.24, 2.45) is 10.2 Å². The zero-order chi connectivity index (χ0) is 27.2. The molecule has 5 rings (SSSR count). The molecule has 10 heteroatoms. The molecule has 1 aliphatic rings. The minimum Gasteiger partial charge on any atom is -0.506 e. The Hall–Kier alpha value is -3.60. The summed E-state index contributed by atoms with van der Waals surface area (Å²) in [6.07, 6.45) is 4.80. The third-order valence-corrected chi connectivity index (χ3v) is 7.64. The molecule has 39 heavy (non-hydrogen) atoms. The van der Waals surface area contributed by atoms with E-state index in [1.165, 1.54) is 22.9 Å². The summed E-state index contributed by atoms with van der Waals surface area (Å²) in [5, 5.41) is 19.2. The van der Waals surface area contributed by atoms with Gasteiger partial charge in [-0.1, -0.05) is 58.4 Å². The lowest BCUT2D eigenvalue weighted by Gasteiger charge is -2.12. The Kier molecular flexibility index (Phi) is 8.65. The summed E-state index contributed by atoms with van der Waals surface area (Å²) in [4.78, 5) is 15.4. The van der Waals surface area contributed by atoms with Crippen LogP contribution in [0.5, 0.6) is 11.5 Å². The molecule has 0 aliphatic carbocycles. The van der Waals surface area contributed by atoms with E-state index in [-0.39, 0.29) is 18.2 Å². The fourth-order valence-corrected chi connectivity index (χ4v) is 5.88. The minimum atomic E-state index is -0.214. The maximum atomic E-state index is 13.4. The molecule has 0 spiro atoms. The van der Waals surface area contributed by atoms with Crippen LogP contribution in [0.4, 0.5) is 0 Å². The van der Waals surface area contributed by atoms with Gasteiger partial charge in [0.25, 0.3) is 5.91 Å². The van der Waals surface area contributed by atoms with Gasteiger partial charge in [-0.05, 0) is 81.3 Å². The summed E-state index contributed by atoms with van der Waals surface area (Å²) in [5.74, 6) is 1.15. The van der Waals surface area contributed by atoms with Gasteiger partial charge in [-0.15, -0.1) is 5.10 Å². The molecule has 2 heterocycles. The molecule has 196 valence electrons. The summed E-state index contributed by atoms with van der Waals surface area (Å²) in [7, 11) is 0. The highest BCUT2D eigenvalue weighted by Crippen LogP contribution is 2.35. The standard InChI is InChI=1S/C29H21Br2N3O4S/c30-22-14-21(27(35)25(31)15-22)16-32-33-29-34(17-24-10-5-11-37-24)28(36)26(39-29)13-20-8-4-9-23(12-20)38-18-19-6-2-1-3-7-19/h1-16,35H,17-18H2/b26-13-,32-16+,33-29-. The van der Waals surface area contributed by atoms with Crippen molar-refractivity contribution in [3.8, 4) is 11.5 Å². The first-order valence-corrected chi connectivity index (χ1v) is 14.2. The average Bonchev–Trinajstić information content (AvgIpc) is 3.55. The maximum Gasteiger partial charge on any atom is 0.267 e. The van der Waals surface area contributed by atoms with Gasteiger partial charge < -0.3 is 14.3 Å². The maximum absolute atomic E-state index is 13.4. The lowest BCUT2D eigenvalue weighted by atomic mass is 10.2. The fourth-order valence-electron chi connectivity index (χ4n) is 3.69. The third kappa shape index (κ3) is 6.89. The van der Waals surface area contributed by atoms with E-state index >= 15 is 0 Å². The molecule has 1 N–H and O–H groups in total. The van der Waals surface area contributed by atoms with Crippen molar-refractivity contribution in [3.63, 3.8) is 0 Å². The molecule has 1 amide bonds. The Morgan fingerprint density at radius 3 is 2.67 bits per heavy atom. The van der Waals surface area contributed by atoms with E-state index in [4.69, 9.17) is 9.15 Å². The first kappa shape index (κ1) is 27.0. The quantitative estimate of drug-likeness (QED) is 0.119. The van der Waals surface area contributed by atoms with Crippen LogP contribution in [0.2, 0.25) is 0 Å². The summed E-state index contributed by atoms with van der Waals surface area (Å²) in [6, 6.07) is 24.5. The van der Waals surface area contributed by atoms with Crippen LogP contribution in [0.3, 0.4) is 0 Å². The Morgan fingerprint density at radius 1 is 1.03 bits per heavy atom. The van der Waals surface area contributed by atoms with Crippen molar-refractivity contribution >= 4 is 67.0 Å². The van der Waals surface area contributed by atoms with Crippen LogP contribution < -0.4 is 4.74 Å². The summed E-state index contributed by atoms with van der Waals surface area (Å²) in [5.41, 5.74) is 2.36. The van der Waals surface area contributed by atoms with Crippen LogP contribution in [0.15, 0.2) is 114 Å². The van der Waals surface area contributed by atoms with Crippen LogP contribution in [0.25, 0.3) is 6.08 Å². The number of phenols is 1. The first-order valence-electron chi connectivity index (χ1n) is 11.8. The summed E-state index contributed by atoms with van der Waals surface area (Å²) in [6.45, 7) is 0.656. The molecular formula is C29H21Br2N3O4S. The number of amides is 1. The van der Waals surface area contributed by atoms with Gasteiger partial charge in [-0.3, -0.25) is 9.69 Å². The monoisotopic (exact) mass is 665 g/mol. The largest absolute Gasteiger partial charge is 0.506 e. The second kappa shape index (κ2) is 12.5. The average molecular weight is 667 g/mol. The van der Waals surface area contributed by atoms with E-state index in [1.807, 2.05) is 54.6 Å². The number of carbonyl (C=O) groups is 1. The predicted molar refractivity (Wildman–Crippen MR) is 161 cm³/mol. The number of furan rings is 1. The number of aromatic hydroxyl groups is 1. The van der Waals surface area contributed by atoms with Crippen LogP contribution in [-0.2, 0) is 17.9 Å². The Balaban J connectivity index is 1.38. The van der Waals surface area contributed by atoms with Crippen LogP contribution >= 0.6 is 43.6 Å². The van der Waals surface area contributed by atoms with Crippen LogP contribution in [0, 0.1) is 0 Å². The van der Waals surface area contributed by atoms with Crippen molar-refractivity contribution in [2.45, 2.75) is 13.2 Å². The van der Waals surface area contributed by atoms with Crippen LogP contribution in [0.1, 0.15) is 22.5 Å². The van der Waals surface area contributed by atoms with Gasteiger partial charge in [0.05, 0.1) is 28.4 Å². The Morgan fingerprint density at radius 2 is 1.87 bits per heavy atom. The molecule has 4 aromatic rings. The second-order valence-corrected chi connectivity index (χ2v) is 11.2. The number of benzene rings is 3. The van der Waals surface area contributed by atoms with Gasteiger partial charge in [0.2, 0.25) is 0 Å². The number of nitrogens with zero attached hydrogens (tertiary/aromatic N) is 3. The predicted octanol–water partition coefficient (Wildman–Crippen LogP) is 7.60. The van der Waals surface area contributed by atoms with Crippen molar-refractivity contribution in [2.75, 3.05) is 0 Å². The van der Waals surface area contributed by atoms with Crippen molar-refractivity contribution in [1.29, 1.82) is 0 Å². The Bertz CT molecular complexity index is 1570.